The minimum atomic E-state index is -0.237. The number of aryl methyl sites for hydroxylation is 2. The number of nitrogens with zero attached hydrogens (tertiary/aromatic N) is 3. The molecule has 2 aromatic rings. The number of piperidine rings is 1. The van der Waals surface area contributed by atoms with E-state index in [-0.39, 0.29) is 36.0 Å². The van der Waals surface area contributed by atoms with Crippen LogP contribution in [0, 0.1) is 25.6 Å². The Bertz CT molecular complexity index is 937. The molecule has 3 rings (SSSR count). The van der Waals surface area contributed by atoms with Crippen molar-refractivity contribution in [3.05, 3.63) is 52.7 Å². The van der Waals surface area contributed by atoms with Gasteiger partial charge in [-0.25, -0.2) is 4.39 Å². The van der Waals surface area contributed by atoms with Crippen LogP contribution in [0.25, 0.3) is 0 Å². The van der Waals surface area contributed by atoms with Crippen LogP contribution in [0.2, 0.25) is 0 Å². The highest BCUT2D eigenvalue weighted by molar-refractivity contribution is 7.98. The SMILES string of the molecule is CSCCC(=O)N(C)C(Cc1ccccc1F)C1CCN(C(=O)Cc2c(C)noc2C)CC1. The number of hydrogen-bond acceptors (Lipinski definition) is 5. The summed E-state index contributed by atoms with van der Waals surface area (Å²) in [5.74, 6) is 1.58. The Morgan fingerprint density at radius 1 is 1.27 bits per heavy atom. The molecule has 1 fully saturated rings. The summed E-state index contributed by atoms with van der Waals surface area (Å²) in [5, 5.41) is 3.94. The summed E-state index contributed by atoms with van der Waals surface area (Å²) in [4.78, 5) is 29.4. The zero-order valence-corrected chi connectivity index (χ0v) is 20.8. The van der Waals surface area contributed by atoms with Gasteiger partial charge < -0.3 is 14.3 Å². The van der Waals surface area contributed by atoms with Gasteiger partial charge >= 0.3 is 0 Å². The van der Waals surface area contributed by atoms with E-state index in [1.54, 1.807) is 23.9 Å². The van der Waals surface area contributed by atoms with Gasteiger partial charge in [0.05, 0.1) is 12.1 Å². The first-order valence-electron chi connectivity index (χ1n) is 11.5. The average Bonchev–Trinajstić information content (AvgIpc) is 3.13. The number of halogens is 1. The van der Waals surface area contributed by atoms with Crippen molar-refractivity contribution in [3.63, 3.8) is 0 Å². The standard InChI is InChI=1S/C25H34FN3O3S/c1-17-21(18(2)32-27-17)16-25(31)29-12-9-19(10-13-29)23(28(3)24(30)11-14-33-4)15-20-7-5-6-8-22(20)26/h5-8,19,23H,9-16H2,1-4H3. The van der Waals surface area contributed by atoms with E-state index in [1.807, 2.05) is 43.0 Å². The molecule has 0 bridgehead atoms. The highest BCUT2D eigenvalue weighted by atomic mass is 32.2. The van der Waals surface area contributed by atoms with Crippen LogP contribution in [-0.4, -0.2) is 65.0 Å². The van der Waals surface area contributed by atoms with Crippen molar-refractivity contribution >= 4 is 23.6 Å². The third-order valence-electron chi connectivity index (χ3n) is 6.74. The second-order valence-electron chi connectivity index (χ2n) is 8.81. The average molecular weight is 476 g/mol. The molecule has 1 aliphatic heterocycles. The molecule has 0 saturated carbocycles. The molecule has 2 heterocycles. The third kappa shape index (κ3) is 6.37. The highest BCUT2D eigenvalue weighted by Crippen LogP contribution is 2.28. The summed E-state index contributed by atoms with van der Waals surface area (Å²) in [5.41, 5.74) is 2.24. The van der Waals surface area contributed by atoms with Crippen molar-refractivity contribution in [2.75, 3.05) is 32.1 Å². The molecule has 0 N–H and O–H groups in total. The van der Waals surface area contributed by atoms with Gasteiger partial charge in [-0.15, -0.1) is 0 Å². The lowest BCUT2D eigenvalue weighted by Crippen LogP contribution is -2.48. The Hall–Kier alpha value is -2.35. The van der Waals surface area contributed by atoms with Crippen molar-refractivity contribution in [1.29, 1.82) is 0 Å². The molecule has 1 atom stereocenters. The number of hydrogen-bond donors (Lipinski definition) is 0. The van der Waals surface area contributed by atoms with E-state index in [2.05, 4.69) is 5.16 Å². The fraction of sp³-hybridized carbons (Fsp3) is 0.560. The quantitative estimate of drug-likeness (QED) is 0.548. The third-order valence-corrected chi connectivity index (χ3v) is 7.36. The Kier molecular flexibility index (Phi) is 8.95. The van der Waals surface area contributed by atoms with Gasteiger partial charge in [-0.3, -0.25) is 9.59 Å². The maximum absolute atomic E-state index is 14.4. The fourth-order valence-electron chi connectivity index (χ4n) is 4.61. The van der Waals surface area contributed by atoms with E-state index in [0.29, 0.717) is 37.3 Å². The van der Waals surface area contributed by atoms with Crippen LogP contribution in [0.4, 0.5) is 4.39 Å². The van der Waals surface area contributed by atoms with Crippen molar-refractivity contribution in [2.45, 2.75) is 52.0 Å². The second-order valence-corrected chi connectivity index (χ2v) is 9.79. The maximum atomic E-state index is 14.4. The minimum absolute atomic E-state index is 0.0675. The first kappa shape index (κ1) is 25.3. The zero-order chi connectivity index (χ0) is 24.0. The topological polar surface area (TPSA) is 66.7 Å². The maximum Gasteiger partial charge on any atom is 0.227 e. The van der Waals surface area contributed by atoms with Crippen molar-refractivity contribution in [1.82, 2.24) is 15.0 Å². The molecule has 0 aliphatic carbocycles. The first-order chi connectivity index (χ1) is 15.8. The summed E-state index contributed by atoms with van der Waals surface area (Å²) in [6.07, 6.45) is 4.79. The van der Waals surface area contributed by atoms with Crippen molar-refractivity contribution in [3.8, 4) is 0 Å². The largest absolute Gasteiger partial charge is 0.361 e. The number of benzene rings is 1. The lowest BCUT2D eigenvalue weighted by molar-refractivity contribution is -0.135. The Labute approximate surface area is 199 Å². The summed E-state index contributed by atoms with van der Waals surface area (Å²) < 4.78 is 19.6. The number of thioether (sulfide) groups is 1. The van der Waals surface area contributed by atoms with Gasteiger partial charge in [0, 0.05) is 43.9 Å². The molecule has 1 aliphatic rings. The van der Waals surface area contributed by atoms with Gasteiger partial charge in [-0.1, -0.05) is 23.4 Å². The Morgan fingerprint density at radius 2 is 1.97 bits per heavy atom. The van der Waals surface area contributed by atoms with Crippen LogP contribution in [0.5, 0.6) is 0 Å². The molecule has 1 unspecified atom stereocenters. The molecule has 8 heteroatoms. The number of likely N-dealkylation sites (N-methyl/N-ethyl adjacent to an activating group) is 1. The van der Waals surface area contributed by atoms with E-state index in [4.69, 9.17) is 4.52 Å². The van der Waals surface area contributed by atoms with E-state index in [9.17, 15) is 14.0 Å². The summed E-state index contributed by atoms with van der Waals surface area (Å²) in [7, 11) is 1.84. The molecule has 33 heavy (non-hydrogen) atoms. The summed E-state index contributed by atoms with van der Waals surface area (Å²) in [6.45, 7) is 4.94. The van der Waals surface area contributed by atoms with Crippen LogP contribution in [-0.2, 0) is 22.4 Å². The molecule has 1 aromatic heterocycles. The zero-order valence-electron chi connectivity index (χ0n) is 20.0. The molecule has 180 valence electrons. The number of carbonyl (C=O) groups is 2. The second kappa shape index (κ2) is 11.7. The Balaban J connectivity index is 1.68. The van der Waals surface area contributed by atoms with Gasteiger partial charge in [0.2, 0.25) is 11.8 Å². The number of rotatable bonds is 9. The van der Waals surface area contributed by atoms with Crippen molar-refractivity contribution < 1.29 is 18.5 Å². The van der Waals surface area contributed by atoms with Crippen LogP contribution in [0.15, 0.2) is 28.8 Å². The van der Waals surface area contributed by atoms with E-state index < -0.39 is 0 Å². The number of carbonyl (C=O) groups excluding carboxylic acids is 2. The monoisotopic (exact) mass is 475 g/mol. The number of amides is 2. The predicted molar refractivity (Wildman–Crippen MR) is 129 cm³/mol. The van der Waals surface area contributed by atoms with Crippen LogP contribution >= 0.6 is 11.8 Å². The minimum Gasteiger partial charge on any atom is -0.361 e. The molecule has 2 amide bonds. The molecular weight excluding hydrogens is 441 g/mol. The number of likely N-dealkylation sites (tertiary alicyclic amines) is 1. The van der Waals surface area contributed by atoms with E-state index >= 15 is 0 Å². The molecule has 0 spiro atoms. The van der Waals surface area contributed by atoms with Gasteiger partial charge in [-0.2, -0.15) is 11.8 Å². The highest BCUT2D eigenvalue weighted by Gasteiger charge is 2.33. The Morgan fingerprint density at radius 3 is 2.58 bits per heavy atom. The van der Waals surface area contributed by atoms with Crippen LogP contribution < -0.4 is 0 Å². The van der Waals surface area contributed by atoms with Crippen LogP contribution in [0.3, 0.4) is 0 Å². The van der Waals surface area contributed by atoms with E-state index in [1.165, 1.54) is 6.07 Å². The fourth-order valence-corrected chi connectivity index (χ4v) is 4.99. The molecule has 6 nitrogen and oxygen atoms in total. The van der Waals surface area contributed by atoms with E-state index in [0.717, 1.165) is 29.9 Å². The molecule has 1 aromatic carbocycles. The van der Waals surface area contributed by atoms with Gasteiger partial charge in [0.1, 0.15) is 11.6 Å². The summed E-state index contributed by atoms with van der Waals surface area (Å²) in [6, 6.07) is 6.68. The predicted octanol–water partition coefficient (Wildman–Crippen LogP) is 4.03. The van der Waals surface area contributed by atoms with Crippen LogP contribution in [0.1, 0.15) is 41.8 Å². The lowest BCUT2D eigenvalue weighted by Gasteiger charge is -2.40. The molecule has 0 radical (unpaired) electrons. The summed E-state index contributed by atoms with van der Waals surface area (Å²) >= 11 is 1.65. The lowest BCUT2D eigenvalue weighted by atomic mass is 9.84. The number of aromatic nitrogens is 1. The van der Waals surface area contributed by atoms with Gasteiger partial charge in [-0.05, 0) is 56.9 Å². The smallest absolute Gasteiger partial charge is 0.227 e. The molecular formula is C25H34FN3O3S. The van der Waals surface area contributed by atoms with Gasteiger partial charge in [0.25, 0.3) is 0 Å². The van der Waals surface area contributed by atoms with Gasteiger partial charge in [0.15, 0.2) is 0 Å². The normalized spacial score (nSPS) is 15.5. The van der Waals surface area contributed by atoms with Crippen molar-refractivity contribution in [2.24, 2.45) is 5.92 Å². The first-order valence-corrected chi connectivity index (χ1v) is 12.9. The molecule has 1 saturated heterocycles.